The van der Waals surface area contributed by atoms with E-state index in [1.807, 2.05) is 14.1 Å². The van der Waals surface area contributed by atoms with E-state index < -0.39 is 0 Å². The highest BCUT2D eigenvalue weighted by Crippen LogP contribution is 2.22. The fraction of sp³-hybridized carbons (Fsp3) is 0.923. The van der Waals surface area contributed by atoms with Crippen LogP contribution in [0.15, 0.2) is 0 Å². The first-order valence-corrected chi connectivity index (χ1v) is 6.53. The zero-order valence-corrected chi connectivity index (χ0v) is 11.0. The van der Waals surface area contributed by atoms with E-state index in [-0.39, 0.29) is 5.91 Å². The lowest BCUT2D eigenvalue weighted by molar-refractivity contribution is -0.128. The van der Waals surface area contributed by atoms with Crippen LogP contribution >= 0.6 is 0 Å². The third-order valence-electron chi connectivity index (χ3n) is 3.53. The van der Waals surface area contributed by atoms with Gasteiger partial charge in [-0.2, -0.15) is 0 Å². The number of amides is 1. The van der Waals surface area contributed by atoms with Crippen LogP contribution in [0.1, 0.15) is 45.4 Å². The van der Waals surface area contributed by atoms with E-state index >= 15 is 0 Å². The maximum absolute atomic E-state index is 11.4. The predicted molar refractivity (Wildman–Crippen MR) is 67.4 cm³/mol. The zero-order chi connectivity index (χ0) is 12.0. The predicted octanol–water partition coefficient (Wildman–Crippen LogP) is 2.02. The Morgan fingerprint density at radius 1 is 1.25 bits per heavy atom. The Labute approximate surface area is 99.6 Å². The van der Waals surface area contributed by atoms with E-state index in [9.17, 15) is 4.79 Å². The molecule has 0 aromatic carbocycles. The Hall–Kier alpha value is -0.570. The molecule has 16 heavy (non-hydrogen) atoms. The number of rotatable bonds is 4. The van der Waals surface area contributed by atoms with Crippen LogP contribution in [-0.2, 0) is 4.79 Å². The van der Waals surface area contributed by atoms with Crippen LogP contribution < -0.4 is 5.32 Å². The normalized spacial score (nSPS) is 26.2. The van der Waals surface area contributed by atoms with Crippen molar-refractivity contribution < 1.29 is 4.79 Å². The molecule has 3 nitrogen and oxygen atoms in total. The second-order valence-corrected chi connectivity index (χ2v) is 5.30. The second kappa shape index (κ2) is 6.89. The molecule has 1 rings (SSSR count). The van der Waals surface area contributed by atoms with Crippen LogP contribution in [0.3, 0.4) is 0 Å². The topological polar surface area (TPSA) is 32.3 Å². The summed E-state index contributed by atoms with van der Waals surface area (Å²) >= 11 is 0. The van der Waals surface area contributed by atoms with Gasteiger partial charge in [0.15, 0.2) is 0 Å². The number of nitrogens with zero attached hydrogens (tertiary/aromatic N) is 1. The zero-order valence-electron chi connectivity index (χ0n) is 11.0. The maximum atomic E-state index is 11.4. The number of nitrogens with one attached hydrogen (secondary N) is 1. The summed E-state index contributed by atoms with van der Waals surface area (Å²) in [5, 5.41) is 3.52. The van der Waals surface area contributed by atoms with Gasteiger partial charge in [-0.25, -0.2) is 0 Å². The lowest BCUT2D eigenvalue weighted by Crippen LogP contribution is -2.33. The molecule has 0 saturated heterocycles. The second-order valence-electron chi connectivity index (χ2n) is 5.30. The molecule has 0 radical (unpaired) electrons. The first kappa shape index (κ1) is 13.5. The molecule has 2 unspecified atom stereocenters. The largest absolute Gasteiger partial charge is 0.349 e. The summed E-state index contributed by atoms with van der Waals surface area (Å²) < 4.78 is 0. The van der Waals surface area contributed by atoms with Gasteiger partial charge in [-0.15, -0.1) is 0 Å². The maximum Gasteiger partial charge on any atom is 0.223 e. The summed E-state index contributed by atoms with van der Waals surface area (Å²) in [5.74, 6) is 1.10. The molecule has 0 heterocycles. The molecule has 1 aliphatic rings. The molecule has 0 aromatic heterocycles. The molecule has 1 amide bonds. The van der Waals surface area contributed by atoms with Crippen LogP contribution in [0.4, 0.5) is 0 Å². The lowest BCUT2D eigenvalue weighted by atomic mass is 10.0. The minimum Gasteiger partial charge on any atom is -0.349 e. The van der Waals surface area contributed by atoms with Crippen LogP contribution in [0.25, 0.3) is 0 Å². The Kier molecular flexibility index (Phi) is 5.81. The quantitative estimate of drug-likeness (QED) is 0.744. The minimum atomic E-state index is 0.217. The van der Waals surface area contributed by atoms with Gasteiger partial charge in [0.2, 0.25) is 5.91 Å². The van der Waals surface area contributed by atoms with Gasteiger partial charge in [-0.1, -0.05) is 19.8 Å². The average molecular weight is 226 g/mol. The fourth-order valence-electron chi connectivity index (χ4n) is 2.30. The van der Waals surface area contributed by atoms with Crippen molar-refractivity contribution in [3.8, 4) is 0 Å². The van der Waals surface area contributed by atoms with Gasteiger partial charge in [0, 0.05) is 33.1 Å². The van der Waals surface area contributed by atoms with E-state index in [0.29, 0.717) is 12.5 Å². The standard InChI is InChI=1S/C13H26N2O/c1-11-5-4-6-12(8-7-11)14-10-9-13(16)15(2)3/h11-12,14H,4-10H2,1-3H3. The molecule has 0 bridgehead atoms. The molecular weight excluding hydrogens is 200 g/mol. The molecule has 3 heteroatoms. The highest BCUT2D eigenvalue weighted by molar-refractivity contribution is 5.75. The number of hydrogen-bond acceptors (Lipinski definition) is 2. The fourth-order valence-corrected chi connectivity index (χ4v) is 2.30. The summed E-state index contributed by atoms with van der Waals surface area (Å²) in [6.07, 6.45) is 7.21. The minimum absolute atomic E-state index is 0.217. The summed E-state index contributed by atoms with van der Waals surface area (Å²) in [5.41, 5.74) is 0. The summed E-state index contributed by atoms with van der Waals surface area (Å²) in [4.78, 5) is 13.1. The Morgan fingerprint density at radius 3 is 2.69 bits per heavy atom. The van der Waals surface area contributed by atoms with Gasteiger partial charge < -0.3 is 10.2 Å². The number of hydrogen-bond donors (Lipinski definition) is 1. The Morgan fingerprint density at radius 2 is 2.00 bits per heavy atom. The average Bonchev–Trinajstić information content (AvgIpc) is 2.43. The van der Waals surface area contributed by atoms with Crippen LogP contribution in [0, 0.1) is 5.92 Å². The smallest absolute Gasteiger partial charge is 0.223 e. The first-order valence-electron chi connectivity index (χ1n) is 6.53. The Balaban J connectivity index is 2.15. The number of carbonyl (C=O) groups is 1. The number of carbonyl (C=O) groups excluding carboxylic acids is 1. The van der Waals surface area contributed by atoms with E-state index in [1.54, 1.807) is 4.90 Å². The van der Waals surface area contributed by atoms with Crippen LogP contribution in [-0.4, -0.2) is 37.5 Å². The van der Waals surface area contributed by atoms with Crippen LogP contribution in [0.2, 0.25) is 0 Å². The van der Waals surface area contributed by atoms with Gasteiger partial charge >= 0.3 is 0 Å². The van der Waals surface area contributed by atoms with Crippen molar-refractivity contribution in [1.82, 2.24) is 10.2 Å². The third kappa shape index (κ3) is 4.97. The summed E-state index contributed by atoms with van der Waals surface area (Å²) in [6.45, 7) is 3.17. The highest BCUT2D eigenvalue weighted by Gasteiger charge is 2.15. The Bertz CT molecular complexity index is 216. The van der Waals surface area contributed by atoms with Crippen molar-refractivity contribution >= 4 is 5.91 Å². The van der Waals surface area contributed by atoms with E-state index in [0.717, 1.165) is 12.5 Å². The monoisotopic (exact) mass is 226 g/mol. The molecule has 1 aliphatic carbocycles. The van der Waals surface area contributed by atoms with Crippen molar-refractivity contribution in [2.24, 2.45) is 5.92 Å². The van der Waals surface area contributed by atoms with Gasteiger partial charge in [-0.3, -0.25) is 4.79 Å². The van der Waals surface area contributed by atoms with Crippen molar-refractivity contribution in [3.05, 3.63) is 0 Å². The molecule has 0 aliphatic heterocycles. The lowest BCUT2D eigenvalue weighted by Gasteiger charge is -2.17. The van der Waals surface area contributed by atoms with E-state index in [1.165, 1.54) is 32.1 Å². The molecule has 1 fully saturated rings. The molecule has 2 atom stereocenters. The van der Waals surface area contributed by atoms with Crippen molar-refractivity contribution in [1.29, 1.82) is 0 Å². The third-order valence-corrected chi connectivity index (χ3v) is 3.53. The van der Waals surface area contributed by atoms with Crippen molar-refractivity contribution in [2.45, 2.75) is 51.5 Å². The SMILES string of the molecule is CC1CCCC(NCCC(=O)N(C)C)CC1. The summed E-state index contributed by atoms with van der Waals surface area (Å²) in [6, 6.07) is 0.639. The van der Waals surface area contributed by atoms with Gasteiger partial charge in [0.1, 0.15) is 0 Å². The molecule has 0 aromatic rings. The van der Waals surface area contributed by atoms with E-state index in [2.05, 4.69) is 12.2 Å². The van der Waals surface area contributed by atoms with E-state index in [4.69, 9.17) is 0 Å². The van der Waals surface area contributed by atoms with Gasteiger partial charge in [-0.05, 0) is 25.2 Å². The van der Waals surface area contributed by atoms with Gasteiger partial charge in [0.25, 0.3) is 0 Å². The molecule has 94 valence electrons. The molecular formula is C13H26N2O. The first-order chi connectivity index (χ1) is 7.59. The van der Waals surface area contributed by atoms with Crippen LogP contribution in [0.5, 0.6) is 0 Å². The van der Waals surface area contributed by atoms with Crippen molar-refractivity contribution in [3.63, 3.8) is 0 Å². The molecule has 1 saturated carbocycles. The summed E-state index contributed by atoms with van der Waals surface area (Å²) in [7, 11) is 3.63. The molecule has 0 spiro atoms. The van der Waals surface area contributed by atoms with Crippen molar-refractivity contribution in [2.75, 3.05) is 20.6 Å². The molecule has 1 N–H and O–H groups in total. The highest BCUT2D eigenvalue weighted by atomic mass is 16.2. The van der Waals surface area contributed by atoms with Gasteiger partial charge in [0.05, 0.1) is 0 Å².